The van der Waals surface area contributed by atoms with Crippen molar-refractivity contribution in [3.8, 4) is 0 Å². The van der Waals surface area contributed by atoms with Gasteiger partial charge in [0.15, 0.2) is 0 Å². The number of rotatable bonds is 4. The van der Waals surface area contributed by atoms with Crippen LogP contribution in [0, 0.1) is 0 Å². The fourth-order valence-corrected chi connectivity index (χ4v) is 1.96. The van der Waals surface area contributed by atoms with Gasteiger partial charge in [-0.15, -0.1) is 0 Å². The van der Waals surface area contributed by atoms with Crippen molar-refractivity contribution in [1.82, 2.24) is 14.9 Å². The van der Waals surface area contributed by atoms with Crippen LogP contribution in [0.5, 0.6) is 0 Å². The summed E-state index contributed by atoms with van der Waals surface area (Å²) in [6.45, 7) is 2.44. The molecule has 1 saturated heterocycles. The molecule has 0 radical (unpaired) electrons. The molecule has 182 valence electrons. The number of hydrogen-bond donors (Lipinski definition) is 2. The molecule has 2 N–H and O–H groups in total. The van der Waals surface area contributed by atoms with Crippen LogP contribution in [-0.2, 0) is 25.8 Å². The van der Waals surface area contributed by atoms with Gasteiger partial charge in [0.05, 0.1) is 13.2 Å². The molecule has 0 unspecified atom stereocenters. The zero-order valence-corrected chi connectivity index (χ0v) is 16.7. The van der Waals surface area contributed by atoms with E-state index in [1.807, 2.05) is 30.3 Å². The number of amides is 1. The molecule has 0 spiro atoms. The summed E-state index contributed by atoms with van der Waals surface area (Å²) < 4.78 is 63.5. The van der Waals surface area contributed by atoms with E-state index in [1.165, 1.54) is 5.06 Å². The minimum atomic E-state index is -5.08. The third-order valence-electron chi connectivity index (χ3n) is 3.35. The van der Waals surface area contributed by atoms with E-state index in [-0.39, 0.29) is 5.91 Å². The molecule has 2 rings (SSSR count). The van der Waals surface area contributed by atoms with Gasteiger partial charge in [-0.3, -0.25) is 19.5 Å². The van der Waals surface area contributed by atoms with E-state index in [4.69, 9.17) is 24.6 Å². The van der Waals surface area contributed by atoms with Crippen LogP contribution in [0.3, 0.4) is 0 Å². The molecule has 32 heavy (non-hydrogen) atoms. The fraction of sp³-hybridized carbons (Fsp3) is 0.529. The number of pyridine rings is 1. The Balaban J connectivity index is 0.000000570. The van der Waals surface area contributed by atoms with Crippen molar-refractivity contribution in [2.24, 2.45) is 0 Å². The molecule has 1 aromatic rings. The first-order chi connectivity index (χ1) is 14.6. The van der Waals surface area contributed by atoms with Gasteiger partial charge in [-0.05, 0) is 31.5 Å². The first-order valence-corrected chi connectivity index (χ1v) is 8.75. The lowest BCUT2D eigenvalue weighted by molar-refractivity contribution is -0.197. The Hall–Kier alpha value is -2.94. The number of hydroxylamine groups is 2. The van der Waals surface area contributed by atoms with E-state index < -0.39 is 24.3 Å². The SMILES string of the molecule is CN(CC(=O)N1CCCCO1)Cc1cccnc1.O=C(O)C(F)(F)F.O=C(O)C(F)(F)F. The molecule has 1 aliphatic rings. The number of carboxylic acid groups (broad SMARTS) is 2. The topological polar surface area (TPSA) is 120 Å². The maximum Gasteiger partial charge on any atom is 0.490 e. The van der Waals surface area contributed by atoms with Gasteiger partial charge in [0.25, 0.3) is 5.91 Å². The van der Waals surface area contributed by atoms with E-state index >= 15 is 0 Å². The van der Waals surface area contributed by atoms with Crippen LogP contribution in [0.15, 0.2) is 24.5 Å². The number of alkyl halides is 6. The molecule has 1 aliphatic heterocycles. The van der Waals surface area contributed by atoms with Gasteiger partial charge in [0.1, 0.15) is 0 Å². The first-order valence-electron chi connectivity index (χ1n) is 8.75. The van der Waals surface area contributed by atoms with Crippen LogP contribution >= 0.6 is 0 Å². The number of carboxylic acids is 2. The standard InChI is InChI=1S/C13H19N3O2.2C2HF3O2/c1-15(10-12-5-4-6-14-9-12)11-13(17)16-7-2-3-8-18-16;2*3-2(4,5)1(6)7/h4-6,9H,2-3,7-8,10-11H2,1H3;2*(H,6,7). The summed E-state index contributed by atoms with van der Waals surface area (Å²) in [5.74, 6) is -5.49. The highest BCUT2D eigenvalue weighted by molar-refractivity contribution is 5.77. The summed E-state index contributed by atoms with van der Waals surface area (Å²) in [6.07, 6.45) is -4.54. The van der Waals surface area contributed by atoms with E-state index in [0.717, 1.165) is 18.4 Å². The molecular weight excluding hydrogens is 456 g/mol. The summed E-state index contributed by atoms with van der Waals surface area (Å²) >= 11 is 0. The van der Waals surface area contributed by atoms with Crippen molar-refractivity contribution in [2.75, 3.05) is 26.7 Å². The Morgan fingerprint density at radius 2 is 1.62 bits per heavy atom. The van der Waals surface area contributed by atoms with Crippen molar-refractivity contribution in [3.63, 3.8) is 0 Å². The second kappa shape index (κ2) is 13.5. The molecule has 0 atom stereocenters. The van der Waals surface area contributed by atoms with Gasteiger partial charge < -0.3 is 10.2 Å². The molecule has 9 nitrogen and oxygen atoms in total. The van der Waals surface area contributed by atoms with Crippen LogP contribution in [0.25, 0.3) is 0 Å². The summed E-state index contributed by atoms with van der Waals surface area (Å²) in [5.41, 5.74) is 1.10. The molecule has 1 fully saturated rings. The minimum absolute atomic E-state index is 0.0288. The second-order valence-electron chi connectivity index (χ2n) is 6.18. The second-order valence-corrected chi connectivity index (χ2v) is 6.18. The third kappa shape index (κ3) is 13.4. The van der Waals surface area contributed by atoms with Crippen LogP contribution in [0.1, 0.15) is 18.4 Å². The number of carbonyl (C=O) groups excluding carboxylic acids is 1. The maximum absolute atomic E-state index is 11.9. The van der Waals surface area contributed by atoms with E-state index in [1.54, 1.807) is 6.20 Å². The van der Waals surface area contributed by atoms with Gasteiger partial charge >= 0.3 is 24.3 Å². The van der Waals surface area contributed by atoms with Crippen molar-refractivity contribution < 1.29 is 55.8 Å². The smallest absolute Gasteiger partial charge is 0.475 e. The fourth-order valence-electron chi connectivity index (χ4n) is 1.96. The predicted octanol–water partition coefficient (Wildman–Crippen LogP) is 2.33. The lowest BCUT2D eigenvalue weighted by atomic mass is 10.2. The van der Waals surface area contributed by atoms with Crippen molar-refractivity contribution >= 4 is 17.8 Å². The molecule has 15 heteroatoms. The van der Waals surface area contributed by atoms with Gasteiger partial charge in [-0.25, -0.2) is 14.7 Å². The van der Waals surface area contributed by atoms with E-state index in [9.17, 15) is 31.1 Å². The molecule has 0 bridgehead atoms. The highest BCUT2D eigenvalue weighted by Gasteiger charge is 2.38. The molecule has 1 aromatic heterocycles. The molecule has 1 amide bonds. The molecule has 2 heterocycles. The Morgan fingerprint density at radius 1 is 1.09 bits per heavy atom. The van der Waals surface area contributed by atoms with Crippen molar-refractivity contribution in [2.45, 2.75) is 31.7 Å². The molecule has 0 aliphatic carbocycles. The molecule has 0 aromatic carbocycles. The van der Waals surface area contributed by atoms with Crippen LogP contribution in [0.2, 0.25) is 0 Å². The van der Waals surface area contributed by atoms with E-state index in [2.05, 4.69) is 4.98 Å². The van der Waals surface area contributed by atoms with Crippen LogP contribution in [0.4, 0.5) is 26.3 Å². The highest BCUT2D eigenvalue weighted by atomic mass is 19.4. The molecule has 0 saturated carbocycles. The number of nitrogens with zero attached hydrogens (tertiary/aromatic N) is 3. The zero-order chi connectivity index (χ0) is 24.9. The van der Waals surface area contributed by atoms with Crippen molar-refractivity contribution in [1.29, 1.82) is 0 Å². The Morgan fingerprint density at radius 3 is 2.00 bits per heavy atom. The summed E-state index contributed by atoms with van der Waals surface area (Å²) in [6, 6.07) is 3.91. The quantitative estimate of drug-likeness (QED) is 0.635. The number of aliphatic carboxylic acids is 2. The van der Waals surface area contributed by atoms with Crippen LogP contribution < -0.4 is 0 Å². The Labute approximate surface area is 178 Å². The number of aromatic nitrogens is 1. The summed E-state index contributed by atoms with van der Waals surface area (Å²) in [4.78, 5) is 41.1. The maximum atomic E-state index is 11.9. The van der Waals surface area contributed by atoms with Gasteiger partial charge in [-0.2, -0.15) is 26.3 Å². The Kier molecular flexibility index (Phi) is 12.2. The number of hydrogen-bond acceptors (Lipinski definition) is 6. The highest BCUT2D eigenvalue weighted by Crippen LogP contribution is 2.13. The average Bonchev–Trinajstić information content (AvgIpc) is 2.69. The monoisotopic (exact) mass is 477 g/mol. The Bertz CT molecular complexity index is 700. The van der Waals surface area contributed by atoms with Gasteiger partial charge in [-0.1, -0.05) is 6.07 Å². The average molecular weight is 477 g/mol. The lowest BCUT2D eigenvalue weighted by Gasteiger charge is -2.27. The first kappa shape index (κ1) is 29.1. The third-order valence-corrected chi connectivity index (χ3v) is 3.35. The normalized spacial score (nSPS) is 13.9. The summed E-state index contributed by atoms with van der Waals surface area (Å²) in [7, 11) is 1.93. The number of halogens is 6. The number of carbonyl (C=O) groups is 3. The number of likely N-dealkylation sites (N-methyl/N-ethyl adjacent to an activating group) is 1. The minimum Gasteiger partial charge on any atom is -0.475 e. The van der Waals surface area contributed by atoms with Gasteiger partial charge in [0.2, 0.25) is 0 Å². The lowest BCUT2D eigenvalue weighted by Crippen LogP contribution is -2.41. The van der Waals surface area contributed by atoms with Crippen molar-refractivity contribution in [3.05, 3.63) is 30.1 Å². The van der Waals surface area contributed by atoms with E-state index in [0.29, 0.717) is 26.2 Å². The zero-order valence-electron chi connectivity index (χ0n) is 16.7. The predicted molar refractivity (Wildman–Crippen MR) is 94.9 cm³/mol. The molecular formula is C17H21F6N3O6. The largest absolute Gasteiger partial charge is 0.490 e. The van der Waals surface area contributed by atoms with Gasteiger partial charge in [0, 0.05) is 25.5 Å². The van der Waals surface area contributed by atoms with Crippen LogP contribution in [-0.4, -0.2) is 82.1 Å². The summed E-state index contributed by atoms with van der Waals surface area (Å²) in [5, 5.41) is 15.7.